The van der Waals surface area contributed by atoms with Gasteiger partial charge in [0.15, 0.2) is 5.69 Å². The van der Waals surface area contributed by atoms with Crippen molar-refractivity contribution < 1.29 is 9.90 Å². The molecule has 0 saturated carbocycles. The van der Waals surface area contributed by atoms with E-state index in [1.54, 1.807) is 17.1 Å². The van der Waals surface area contributed by atoms with Gasteiger partial charge in [0.25, 0.3) is 0 Å². The van der Waals surface area contributed by atoms with Crippen molar-refractivity contribution in [1.82, 2.24) is 19.7 Å². The number of rotatable bonds is 3. The highest BCUT2D eigenvalue weighted by atomic mass is 16.4. The second-order valence-electron chi connectivity index (χ2n) is 5.01. The molecule has 22 heavy (non-hydrogen) atoms. The Hall–Kier alpha value is -3.02. The molecule has 6 nitrogen and oxygen atoms in total. The highest BCUT2D eigenvalue weighted by Crippen LogP contribution is 2.22. The highest BCUT2D eigenvalue weighted by molar-refractivity contribution is 5.87. The first-order valence-electron chi connectivity index (χ1n) is 6.74. The monoisotopic (exact) mass is 294 g/mol. The third-order valence-corrected chi connectivity index (χ3v) is 3.24. The summed E-state index contributed by atoms with van der Waals surface area (Å²) >= 11 is 0. The molecule has 0 aliphatic rings. The van der Waals surface area contributed by atoms with Crippen LogP contribution in [0.5, 0.6) is 0 Å². The lowest BCUT2D eigenvalue weighted by Gasteiger charge is -2.07. The van der Waals surface area contributed by atoms with Crippen molar-refractivity contribution in [2.24, 2.45) is 0 Å². The van der Waals surface area contributed by atoms with Crippen molar-refractivity contribution in [3.05, 3.63) is 59.7 Å². The lowest BCUT2D eigenvalue weighted by atomic mass is 10.2. The van der Waals surface area contributed by atoms with E-state index in [4.69, 9.17) is 0 Å². The smallest absolute Gasteiger partial charge is 0.356 e. The molecule has 3 rings (SSSR count). The summed E-state index contributed by atoms with van der Waals surface area (Å²) in [7, 11) is 0. The predicted octanol–water partition coefficient (Wildman–Crippen LogP) is 2.64. The summed E-state index contributed by atoms with van der Waals surface area (Å²) in [5.74, 6) is -1.08. The standard InChI is InChI=1S/C16H14N4O2/c1-10-3-6-13(18-8-10)15-7-14(16(21)22)19-20(15)12-5-4-11(2)17-9-12/h3-9H,1-2H3,(H,21,22). The SMILES string of the molecule is Cc1ccc(-c2cc(C(=O)O)nn2-c2ccc(C)nc2)nc1. The Morgan fingerprint density at radius 1 is 1.09 bits per heavy atom. The Balaban J connectivity index is 2.17. The molecule has 6 heteroatoms. The maximum atomic E-state index is 11.2. The van der Waals surface area contributed by atoms with Crippen molar-refractivity contribution in [2.45, 2.75) is 13.8 Å². The average Bonchev–Trinajstić information content (AvgIpc) is 2.94. The molecule has 3 aromatic rings. The van der Waals surface area contributed by atoms with Gasteiger partial charge >= 0.3 is 5.97 Å². The summed E-state index contributed by atoms with van der Waals surface area (Å²) in [4.78, 5) is 19.8. The molecule has 0 radical (unpaired) electrons. The molecular formula is C16H14N4O2. The van der Waals surface area contributed by atoms with Crippen LogP contribution in [0.3, 0.4) is 0 Å². The topological polar surface area (TPSA) is 80.9 Å². The summed E-state index contributed by atoms with van der Waals surface area (Å²) in [6, 6.07) is 8.98. The number of hydrogen-bond donors (Lipinski definition) is 1. The summed E-state index contributed by atoms with van der Waals surface area (Å²) in [6.45, 7) is 3.83. The predicted molar refractivity (Wildman–Crippen MR) is 81.0 cm³/mol. The molecule has 110 valence electrons. The van der Waals surface area contributed by atoms with Gasteiger partial charge in [0, 0.05) is 18.0 Å². The summed E-state index contributed by atoms with van der Waals surface area (Å²) < 4.78 is 1.55. The van der Waals surface area contributed by atoms with Crippen LogP contribution in [0.15, 0.2) is 42.7 Å². The molecule has 3 heterocycles. The molecule has 0 aliphatic carbocycles. The average molecular weight is 294 g/mol. The van der Waals surface area contributed by atoms with Gasteiger partial charge in [0.05, 0.1) is 23.3 Å². The van der Waals surface area contributed by atoms with E-state index in [0.29, 0.717) is 17.1 Å². The van der Waals surface area contributed by atoms with Crippen LogP contribution in [0.2, 0.25) is 0 Å². The Bertz CT molecular complexity index is 757. The molecule has 0 atom stereocenters. The number of pyridine rings is 2. The van der Waals surface area contributed by atoms with Crippen LogP contribution in [0.4, 0.5) is 0 Å². The zero-order valence-electron chi connectivity index (χ0n) is 12.2. The first kappa shape index (κ1) is 13.9. The third-order valence-electron chi connectivity index (χ3n) is 3.24. The molecule has 1 N–H and O–H groups in total. The Labute approximate surface area is 127 Å². The number of carboxylic acids is 1. The molecular weight excluding hydrogens is 280 g/mol. The minimum atomic E-state index is -1.08. The van der Waals surface area contributed by atoms with Gasteiger partial charge in [-0.05, 0) is 37.6 Å². The van der Waals surface area contributed by atoms with Crippen molar-refractivity contribution in [1.29, 1.82) is 0 Å². The van der Waals surface area contributed by atoms with Crippen molar-refractivity contribution in [3.8, 4) is 17.1 Å². The van der Waals surface area contributed by atoms with E-state index in [2.05, 4.69) is 15.1 Å². The van der Waals surface area contributed by atoms with Gasteiger partial charge in [-0.2, -0.15) is 5.10 Å². The zero-order valence-corrected chi connectivity index (χ0v) is 12.2. The van der Waals surface area contributed by atoms with E-state index in [-0.39, 0.29) is 5.69 Å². The van der Waals surface area contributed by atoms with E-state index in [9.17, 15) is 9.90 Å². The van der Waals surface area contributed by atoms with Gasteiger partial charge in [0.1, 0.15) is 0 Å². The number of aromatic nitrogens is 4. The molecule has 0 aromatic carbocycles. The molecule has 0 fully saturated rings. The third kappa shape index (κ3) is 2.58. The normalized spacial score (nSPS) is 10.6. The quantitative estimate of drug-likeness (QED) is 0.803. The fraction of sp³-hybridized carbons (Fsp3) is 0.125. The minimum Gasteiger partial charge on any atom is -0.476 e. The van der Waals surface area contributed by atoms with E-state index >= 15 is 0 Å². The Morgan fingerprint density at radius 3 is 2.50 bits per heavy atom. The first-order chi connectivity index (χ1) is 10.5. The number of hydrogen-bond acceptors (Lipinski definition) is 4. The fourth-order valence-electron chi connectivity index (χ4n) is 2.07. The second kappa shape index (κ2) is 5.40. The zero-order chi connectivity index (χ0) is 15.7. The molecule has 0 unspecified atom stereocenters. The van der Waals surface area contributed by atoms with Crippen LogP contribution in [-0.4, -0.2) is 30.8 Å². The molecule has 0 bridgehead atoms. The van der Waals surface area contributed by atoms with Gasteiger partial charge in [-0.3, -0.25) is 9.97 Å². The van der Waals surface area contributed by atoms with E-state index < -0.39 is 5.97 Å². The van der Waals surface area contributed by atoms with Crippen LogP contribution in [-0.2, 0) is 0 Å². The lowest BCUT2D eigenvalue weighted by molar-refractivity contribution is 0.0690. The number of carbonyl (C=O) groups is 1. The van der Waals surface area contributed by atoms with Crippen LogP contribution >= 0.6 is 0 Å². The Kier molecular flexibility index (Phi) is 3.42. The van der Waals surface area contributed by atoms with Crippen LogP contribution in [0.1, 0.15) is 21.7 Å². The molecule has 3 aromatic heterocycles. The minimum absolute atomic E-state index is 0.0297. The fourth-order valence-corrected chi connectivity index (χ4v) is 2.07. The van der Waals surface area contributed by atoms with Crippen LogP contribution in [0.25, 0.3) is 17.1 Å². The van der Waals surface area contributed by atoms with Gasteiger partial charge in [0.2, 0.25) is 0 Å². The van der Waals surface area contributed by atoms with Crippen molar-refractivity contribution in [2.75, 3.05) is 0 Å². The van der Waals surface area contributed by atoms with Crippen molar-refractivity contribution in [3.63, 3.8) is 0 Å². The van der Waals surface area contributed by atoms with Crippen LogP contribution < -0.4 is 0 Å². The molecule has 0 saturated heterocycles. The largest absolute Gasteiger partial charge is 0.476 e. The highest BCUT2D eigenvalue weighted by Gasteiger charge is 2.16. The van der Waals surface area contributed by atoms with Gasteiger partial charge in [-0.15, -0.1) is 0 Å². The number of carboxylic acid groups (broad SMARTS) is 1. The molecule has 0 amide bonds. The van der Waals surface area contributed by atoms with E-state index in [1.165, 1.54) is 6.07 Å². The van der Waals surface area contributed by atoms with E-state index in [1.807, 2.05) is 38.1 Å². The maximum absolute atomic E-state index is 11.2. The van der Waals surface area contributed by atoms with Gasteiger partial charge < -0.3 is 5.11 Å². The summed E-state index contributed by atoms with van der Waals surface area (Å²) in [6.07, 6.45) is 3.39. The second-order valence-corrected chi connectivity index (χ2v) is 5.01. The number of aromatic carboxylic acids is 1. The first-order valence-corrected chi connectivity index (χ1v) is 6.74. The van der Waals surface area contributed by atoms with Crippen LogP contribution in [0, 0.1) is 13.8 Å². The van der Waals surface area contributed by atoms with Gasteiger partial charge in [-0.25, -0.2) is 9.48 Å². The molecule has 0 aliphatic heterocycles. The lowest BCUT2D eigenvalue weighted by Crippen LogP contribution is -2.03. The summed E-state index contributed by atoms with van der Waals surface area (Å²) in [5, 5.41) is 13.3. The maximum Gasteiger partial charge on any atom is 0.356 e. The van der Waals surface area contributed by atoms with Gasteiger partial charge in [-0.1, -0.05) is 6.07 Å². The Morgan fingerprint density at radius 2 is 1.91 bits per heavy atom. The number of aryl methyl sites for hydroxylation is 2. The van der Waals surface area contributed by atoms with E-state index in [0.717, 1.165) is 11.3 Å². The summed E-state index contributed by atoms with van der Waals surface area (Å²) in [5.41, 5.74) is 3.84. The number of nitrogens with zero attached hydrogens (tertiary/aromatic N) is 4. The van der Waals surface area contributed by atoms with Crippen molar-refractivity contribution >= 4 is 5.97 Å². The molecule has 0 spiro atoms.